The van der Waals surface area contributed by atoms with Gasteiger partial charge in [-0.05, 0) is 49.1 Å². The van der Waals surface area contributed by atoms with Crippen LogP contribution in [0.15, 0.2) is 66.9 Å². The molecule has 1 aromatic heterocycles. The van der Waals surface area contributed by atoms with Crippen molar-refractivity contribution < 1.29 is 19.1 Å². The fourth-order valence-corrected chi connectivity index (χ4v) is 4.13. The minimum Gasteiger partial charge on any atom is -0.497 e. The highest BCUT2D eigenvalue weighted by Gasteiger charge is 2.13. The summed E-state index contributed by atoms with van der Waals surface area (Å²) in [5.41, 5.74) is 2.65. The van der Waals surface area contributed by atoms with Crippen LogP contribution in [0.4, 0.5) is 0 Å². The second-order valence-electron chi connectivity index (χ2n) is 8.84. The first kappa shape index (κ1) is 26.3. The van der Waals surface area contributed by atoms with E-state index in [0.717, 1.165) is 35.1 Å². The molecule has 1 heterocycles. The molecular formula is C30H37NO4. The topological polar surface area (TPSA) is 57.5 Å². The predicted molar refractivity (Wildman–Crippen MR) is 141 cm³/mol. The largest absolute Gasteiger partial charge is 0.497 e. The Morgan fingerprint density at radius 2 is 1.71 bits per heavy atom. The molecule has 0 N–H and O–H groups in total. The van der Waals surface area contributed by atoms with Crippen molar-refractivity contribution in [3.05, 3.63) is 78.0 Å². The van der Waals surface area contributed by atoms with Gasteiger partial charge in [-0.3, -0.25) is 9.59 Å². The summed E-state index contributed by atoms with van der Waals surface area (Å²) in [4.78, 5) is 25.1. The Hall–Kier alpha value is -3.34. The second kappa shape index (κ2) is 14.1. The molecule has 3 aromatic rings. The molecule has 0 aliphatic rings. The number of methoxy groups -OCH3 is 1. The molecule has 0 amide bonds. The van der Waals surface area contributed by atoms with Gasteiger partial charge >= 0.3 is 5.97 Å². The van der Waals surface area contributed by atoms with Gasteiger partial charge in [0.05, 0.1) is 7.11 Å². The molecular weight excluding hydrogens is 438 g/mol. The number of ketones is 1. The van der Waals surface area contributed by atoms with E-state index in [1.807, 2.05) is 60.8 Å². The SMILES string of the molecule is CCCCCCC/C=C/C(=O)c1cn(CCCC(=O)OCc2ccc(OC)cc2)c2ccccc12. The van der Waals surface area contributed by atoms with Crippen molar-refractivity contribution in [2.75, 3.05) is 7.11 Å². The Labute approximate surface area is 208 Å². The molecule has 0 bridgehead atoms. The number of ether oxygens (including phenoxy) is 2. The zero-order valence-electron chi connectivity index (χ0n) is 21.0. The number of para-hydroxylation sites is 1. The molecule has 3 rings (SSSR count). The average Bonchev–Trinajstić information content (AvgIpc) is 3.26. The first-order valence-electron chi connectivity index (χ1n) is 12.7. The molecule has 0 aliphatic heterocycles. The smallest absolute Gasteiger partial charge is 0.306 e. The Balaban J connectivity index is 1.50. The molecule has 35 heavy (non-hydrogen) atoms. The summed E-state index contributed by atoms with van der Waals surface area (Å²) < 4.78 is 12.6. The van der Waals surface area contributed by atoms with Gasteiger partial charge in [-0.1, -0.05) is 69.0 Å². The molecule has 0 spiro atoms. The van der Waals surface area contributed by atoms with Gasteiger partial charge in [0.1, 0.15) is 12.4 Å². The maximum atomic E-state index is 12.9. The van der Waals surface area contributed by atoms with E-state index >= 15 is 0 Å². The van der Waals surface area contributed by atoms with E-state index in [9.17, 15) is 9.59 Å². The summed E-state index contributed by atoms with van der Waals surface area (Å²) >= 11 is 0. The molecule has 0 radical (unpaired) electrons. The Morgan fingerprint density at radius 3 is 2.49 bits per heavy atom. The molecule has 0 saturated heterocycles. The lowest BCUT2D eigenvalue weighted by Gasteiger charge is -2.07. The summed E-state index contributed by atoms with van der Waals surface area (Å²) in [6, 6.07) is 15.4. The number of hydrogen-bond donors (Lipinski definition) is 0. The summed E-state index contributed by atoms with van der Waals surface area (Å²) in [5.74, 6) is 0.581. The van der Waals surface area contributed by atoms with Crippen molar-refractivity contribution >= 4 is 22.7 Å². The number of nitrogens with zero attached hydrogens (tertiary/aromatic N) is 1. The molecule has 0 atom stereocenters. The number of hydrogen-bond acceptors (Lipinski definition) is 4. The number of esters is 1. The minimum atomic E-state index is -0.226. The van der Waals surface area contributed by atoms with E-state index in [4.69, 9.17) is 9.47 Å². The summed E-state index contributed by atoms with van der Waals surface area (Å²) in [6.07, 6.45) is 13.7. The molecule has 0 saturated carbocycles. The highest BCUT2D eigenvalue weighted by molar-refractivity contribution is 6.13. The lowest BCUT2D eigenvalue weighted by molar-refractivity contribution is -0.145. The number of aryl methyl sites for hydroxylation is 1. The molecule has 5 heteroatoms. The normalized spacial score (nSPS) is 11.3. The Bertz CT molecular complexity index is 1110. The first-order chi connectivity index (χ1) is 17.1. The minimum absolute atomic E-state index is 0.0346. The third-order valence-corrected chi connectivity index (χ3v) is 6.14. The summed E-state index contributed by atoms with van der Waals surface area (Å²) in [6.45, 7) is 3.11. The van der Waals surface area contributed by atoms with Crippen LogP contribution in [0.3, 0.4) is 0 Å². The number of rotatable bonds is 15. The van der Waals surface area contributed by atoms with Crippen LogP contribution < -0.4 is 4.74 Å². The number of carbonyl (C=O) groups is 2. The molecule has 2 aromatic carbocycles. The van der Waals surface area contributed by atoms with Gasteiger partial charge in [0.2, 0.25) is 0 Å². The average molecular weight is 476 g/mol. The third kappa shape index (κ3) is 8.13. The molecule has 5 nitrogen and oxygen atoms in total. The number of allylic oxidation sites excluding steroid dienone is 2. The van der Waals surface area contributed by atoms with Crippen LogP contribution in [-0.2, 0) is 22.7 Å². The zero-order chi connectivity index (χ0) is 24.9. The zero-order valence-corrected chi connectivity index (χ0v) is 21.0. The van der Waals surface area contributed by atoms with Crippen molar-refractivity contribution in [1.82, 2.24) is 4.57 Å². The van der Waals surface area contributed by atoms with Gasteiger partial charge in [0.25, 0.3) is 0 Å². The van der Waals surface area contributed by atoms with E-state index in [1.165, 1.54) is 25.7 Å². The van der Waals surface area contributed by atoms with E-state index in [1.54, 1.807) is 13.2 Å². The van der Waals surface area contributed by atoms with Gasteiger partial charge in [0.15, 0.2) is 5.78 Å². The number of unbranched alkanes of at least 4 members (excludes halogenated alkanes) is 5. The van der Waals surface area contributed by atoms with Gasteiger partial charge in [0, 0.05) is 35.6 Å². The Morgan fingerprint density at radius 1 is 0.943 bits per heavy atom. The van der Waals surface area contributed by atoms with Gasteiger partial charge in [-0.15, -0.1) is 0 Å². The Kier molecular flexibility index (Phi) is 10.6. The van der Waals surface area contributed by atoms with Crippen LogP contribution >= 0.6 is 0 Å². The maximum absolute atomic E-state index is 12.9. The fourth-order valence-electron chi connectivity index (χ4n) is 4.13. The first-order valence-corrected chi connectivity index (χ1v) is 12.7. The molecule has 0 unspecified atom stereocenters. The highest BCUT2D eigenvalue weighted by Crippen LogP contribution is 2.23. The lowest BCUT2D eigenvalue weighted by Crippen LogP contribution is -2.06. The van der Waals surface area contributed by atoms with Crippen molar-refractivity contribution in [2.24, 2.45) is 0 Å². The number of aromatic nitrogens is 1. The van der Waals surface area contributed by atoms with Crippen molar-refractivity contribution in [3.8, 4) is 5.75 Å². The van der Waals surface area contributed by atoms with Crippen LogP contribution in [0, 0.1) is 0 Å². The van der Waals surface area contributed by atoms with Crippen molar-refractivity contribution in [2.45, 2.75) is 71.4 Å². The monoisotopic (exact) mass is 475 g/mol. The standard InChI is InChI=1S/C30H37NO4/c1-3-4-5-6-7-8-9-15-29(32)27-22-31(28-14-11-10-13-26(27)28)21-12-16-30(33)35-23-24-17-19-25(34-2)20-18-24/h9-11,13-15,17-20,22H,3-8,12,16,21,23H2,1-2H3/b15-9+. The van der Waals surface area contributed by atoms with Gasteiger partial charge < -0.3 is 14.0 Å². The van der Waals surface area contributed by atoms with Crippen molar-refractivity contribution in [3.63, 3.8) is 0 Å². The van der Waals surface area contributed by atoms with Gasteiger partial charge in [-0.25, -0.2) is 0 Å². The van der Waals surface area contributed by atoms with Crippen LogP contribution in [0.25, 0.3) is 10.9 Å². The molecule has 0 aliphatic carbocycles. The van der Waals surface area contributed by atoms with E-state index < -0.39 is 0 Å². The van der Waals surface area contributed by atoms with Crippen LogP contribution in [0.5, 0.6) is 5.75 Å². The van der Waals surface area contributed by atoms with Crippen molar-refractivity contribution in [1.29, 1.82) is 0 Å². The van der Waals surface area contributed by atoms with E-state index in [-0.39, 0.29) is 18.4 Å². The summed E-state index contributed by atoms with van der Waals surface area (Å²) in [5, 5.41) is 0.951. The maximum Gasteiger partial charge on any atom is 0.306 e. The van der Waals surface area contributed by atoms with E-state index in [0.29, 0.717) is 24.9 Å². The quantitative estimate of drug-likeness (QED) is 0.100. The van der Waals surface area contributed by atoms with Crippen LogP contribution in [0.1, 0.15) is 74.2 Å². The molecule has 186 valence electrons. The summed E-state index contributed by atoms with van der Waals surface area (Å²) in [7, 11) is 1.62. The highest BCUT2D eigenvalue weighted by atomic mass is 16.5. The van der Waals surface area contributed by atoms with Crippen LogP contribution in [-0.4, -0.2) is 23.4 Å². The second-order valence-corrected chi connectivity index (χ2v) is 8.84. The predicted octanol–water partition coefficient (Wildman–Crippen LogP) is 7.27. The fraction of sp³-hybridized carbons (Fsp3) is 0.400. The van der Waals surface area contributed by atoms with Gasteiger partial charge in [-0.2, -0.15) is 0 Å². The molecule has 0 fully saturated rings. The number of fused-ring (bicyclic) bond motifs is 1. The van der Waals surface area contributed by atoms with Crippen LogP contribution in [0.2, 0.25) is 0 Å². The third-order valence-electron chi connectivity index (χ3n) is 6.14. The lowest BCUT2D eigenvalue weighted by atomic mass is 10.1. The van der Waals surface area contributed by atoms with E-state index in [2.05, 4.69) is 11.5 Å². The number of benzene rings is 2. The number of carbonyl (C=O) groups excluding carboxylic acids is 2.